The predicted molar refractivity (Wildman–Crippen MR) is 132 cm³/mol. The Morgan fingerprint density at radius 3 is 2.69 bits per heavy atom. The number of halogens is 1. The molecule has 2 heterocycles. The molecule has 1 fully saturated rings. The Morgan fingerprint density at radius 2 is 1.97 bits per heavy atom. The largest absolute Gasteiger partial charge is 0.336 e. The van der Waals surface area contributed by atoms with Crippen LogP contribution in [0.15, 0.2) is 59.4 Å². The van der Waals surface area contributed by atoms with Crippen LogP contribution >= 0.6 is 11.6 Å². The van der Waals surface area contributed by atoms with Crippen LogP contribution in [0.3, 0.4) is 0 Å². The van der Waals surface area contributed by atoms with Crippen molar-refractivity contribution in [1.82, 2.24) is 20.0 Å². The summed E-state index contributed by atoms with van der Waals surface area (Å²) >= 11 is 5.93. The van der Waals surface area contributed by atoms with Crippen LogP contribution in [0.25, 0.3) is 11.3 Å². The number of nitrogens with one attached hydrogen (secondary N) is 2. The van der Waals surface area contributed by atoms with E-state index >= 15 is 0 Å². The smallest absolute Gasteiger partial charge is 0.267 e. The molecule has 35 heavy (non-hydrogen) atoms. The summed E-state index contributed by atoms with van der Waals surface area (Å²) in [6, 6.07) is 16.6. The number of hydrogen-bond donors (Lipinski definition) is 2. The molecule has 0 radical (unpaired) electrons. The summed E-state index contributed by atoms with van der Waals surface area (Å²) < 4.78 is 1.06. The van der Waals surface area contributed by atoms with Crippen LogP contribution in [-0.2, 0) is 11.3 Å². The SMILES string of the molecule is C[C@@H]1CN(C(=O)c2cc(C#N)cc(NC(=O)Cn3nc(-c4ccc(Cl)cc4)ccc3=O)c2)CCN1. The van der Waals surface area contributed by atoms with Crippen molar-refractivity contribution < 1.29 is 9.59 Å². The molecule has 1 saturated heterocycles. The van der Waals surface area contributed by atoms with E-state index in [4.69, 9.17) is 11.6 Å². The molecule has 0 bridgehead atoms. The van der Waals surface area contributed by atoms with Crippen LogP contribution in [0.2, 0.25) is 5.02 Å². The highest BCUT2D eigenvalue weighted by Crippen LogP contribution is 2.19. The minimum absolute atomic E-state index is 0.167. The summed E-state index contributed by atoms with van der Waals surface area (Å²) in [4.78, 5) is 39.7. The number of piperazine rings is 1. The van der Waals surface area contributed by atoms with Crippen LogP contribution < -0.4 is 16.2 Å². The van der Waals surface area contributed by atoms with Crippen molar-refractivity contribution in [2.45, 2.75) is 19.5 Å². The van der Waals surface area contributed by atoms with E-state index in [0.29, 0.717) is 41.6 Å². The number of nitrogens with zero attached hydrogens (tertiary/aromatic N) is 4. The Hall–Kier alpha value is -4.00. The zero-order valence-corrected chi connectivity index (χ0v) is 19.7. The molecule has 0 unspecified atom stereocenters. The first-order valence-corrected chi connectivity index (χ1v) is 11.4. The van der Waals surface area contributed by atoms with Crippen molar-refractivity contribution >= 4 is 29.1 Å². The number of anilines is 1. The van der Waals surface area contributed by atoms with Gasteiger partial charge in [-0.3, -0.25) is 14.4 Å². The van der Waals surface area contributed by atoms with Crippen LogP contribution in [0.5, 0.6) is 0 Å². The van der Waals surface area contributed by atoms with Crippen LogP contribution in [-0.4, -0.2) is 52.2 Å². The van der Waals surface area contributed by atoms with Crippen LogP contribution in [0.1, 0.15) is 22.8 Å². The first kappa shape index (κ1) is 24.1. The lowest BCUT2D eigenvalue weighted by Crippen LogP contribution is -2.51. The fraction of sp³-hybridized carbons (Fsp3) is 0.240. The number of carbonyl (C=O) groups is 2. The standard InChI is InChI=1S/C25H23ClN6O3/c1-16-14-31(9-8-28-16)25(35)19-10-17(13-27)11-21(12-19)29-23(33)15-32-24(34)7-6-22(30-32)18-2-4-20(26)5-3-18/h2-7,10-12,16,28H,8-9,14-15H2,1H3,(H,29,33)/t16-/m1/s1. The van der Waals surface area contributed by atoms with Crippen molar-refractivity contribution in [3.05, 3.63) is 81.1 Å². The summed E-state index contributed by atoms with van der Waals surface area (Å²) in [7, 11) is 0. The van der Waals surface area contributed by atoms with Gasteiger partial charge in [-0.15, -0.1) is 0 Å². The zero-order valence-electron chi connectivity index (χ0n) is 19.0. The van der Waals surface area contributed by atoms with Gasteiger partial charge in [0.1, 0.15) is 6.54 Å². The average Bonchev–Trinajstić information content (AvgIpc) is 2.85. The highest BCUT2D eigenvalue weighted by atomic mass is 35.5. The molecule has 2 N–H and O–H groups in total. The number of hydrogen-bond acceptors (Lipinski definition) is 6. The summed E-state index contributed by atoms with van der Waals surface area (Å²) in [5.74, 6) is -0.725. The summed E-state index contributed by atoms with van der Waals surface area (Å²) in [5.41, 5.74) is 1.67. The highest BCUT2D eigenvalue weighted by molar-refractivity contribution is 6.30. The van der Waals surface area contributed by atoms with E-state index < -0.39 is 11.5 Å². The lowest BCUT2D eigenvalue weighted by molar-refractivity contribution is -0.117. The quantitative estimate of drug-likeness (QED) is 0.567. The number of nitriles is 1. The normalized spacial score (nSPS) is 15.3. The number of amides is 2. The molecule has 1 atom stereocenters. The molecule has 9 nitrogen and oxygen atoms in total. The van der Waals surface area contributed by atoms with Gasteiger partial charge in [0.25, 0.3) is 11.5 Å². The first-order chi connectivity index (χ1) is 16.8. The van der Waals surface area contributed by atoms with E-state index in [2.05, 4.69) is 15.7 Å². The van der Waals surface area contributed by atoms with E-state index in [-0.39, 0.29) is 24.1 Å². The predicted octanol–water partition coefficient (Wildman–Crippen LogP) is 2.51. The molecular formula is C25H23ClN6O3. The molecule has 178 valence electrons. The van der Waals surface area contributed by atoms with Gasteiger partial charge >= 0.3 is 0 Å². The third-order valence-corrected chi connectivity index (χ3v) is 5.80. The number of aromatic nitrogens is 2. The van der Waals surface area contributed by atoms with E-state index in [1.165, 1.54) is 24.3 Å². The highest BCUT2D eigenvalue weighted by Gasteiger charge is 2.22. The Morgan fingerprint density at radius 1 is 1.20 bits per heavy atom. The molecule has 1 aliphatic heterocycles. The maximum atomic E-state index is 13.0. The lowest BCUT2D eigenvalue weighted by atomic mass is 10.1. The Bertz CT molecular complexity index is 1360. The van der Waals surface area contributed by atoms with Crippen molar-refractivity contribution in [2.75, 3.05) is 25.0 Å². The number of benzene rings is 2. The van der Waals surface area contributed by atoms with E-state index in [9.17, 15) is 19.6 Å². The molecule has 1 aliphatic rings. The molecule has 2 aromatic carbocycles. The molecule has 10 heteroatoms. The summed E-state index contributed by atoms with van der Waals surface area (Å²) in [6.45, 7) is 3.45. The van der Waals surface area contributed by atoms with E-state index in [1.807, 2.05) is 13.0 Å². The van der Waals surface area contributed by atoms with Gasteiger partial charge in [0.2, 0.25) is 5.91 Å². The Kier molecular flexibility index (Phi) is 7.25. The topological polar surface area (TPSA) is 120 Å². The fourth-order valence-corrected chi connectivity index (χ4v) is 3.99. The van der Waals surface area contributed by atoms with Gasteiger partial charge in [0.15, 0.2) is 0 Å². The van der Waals surface area contributed by atoms with Crippen molar-refractivity contribution in [3.8, 4) is 17.3 Å². The molecule has 2 amide bonds. The first-order valence-electron chi connectivity index (χ1n) is 11.0. The second kappa shape index (κ2) is 10.5. The van der Waals surface area contributed by atoms with Gasteiger partial charge in [-0.1, -0.05) is 23.7 Å². The van der Waals surface area contributed by atoms with Gasteiger partial charge in [0, 0.05) is 53.6 Å². The van der Waals surface area contributed by atoms with Crippen molar-refractivity contribution in [2.24, 2.45) is 0 Å². The lowest BCUT2D eigenvalue weighted by Gasteiger charge is -2.32. The molecule has 3 aromatic rings. The summed E-state index contributed by atoms with van der Waals surface area (Å²) in [5, 5.41) is 20.2. The molecule has 1 aromatic heterocycles. The van der Waals surface area contributed by atoms with Gasteiger partial charge in [0.05, 0.1) is 17.3 Å². The van der Waals surface area contributed by atoms with E-state index in [1.54, 1.807) is 35.2 Å². The van der Waals surface area contributed by atoms with Gasteiger partial charge in [-0.2, -0.15) is 10.4 Å². The molecule has 4 rings (SSSR count). The second-order valence-corrected chi connectivity index (χ2v) is 8.72. The Labute approximate surface area is 206 Å². The maximum Gasteiger partial charge on any atom is 0.267 e. The second-order valence-electron chi connectivity index (χ2n) is 8.29. The summed E-state index contributed by atoms with van der Waals surface area (Å²) in [6.07, 6.45) is 0. The van der Waals surface area contributed by atoms with Crippen LogP contribution in [0, 0.1) is 11.3 Å². The fourth-order valence-electron chi connectivity index (χ4n) is 3.86. The molecular weight excluding hydrogens is 468 g/mol. The minimum Gasteiger partial charge on any atom is -0.336 e. The van der Waals surface area contributed by atoms with Crippen molar-refractivity contribution in [1.29, 1.82) is 5.26 Å². The van der Waals surface area contributed by atoms with Gasteiger partial charge in [-0.05, 0) is 43.3 Å². The van der Waals surface area contributed by atoms with Gasteiger partial charge in [-0.25, -0.2) is 4.68 Å². The molecule has 0 spiro atoms. The average molecular weight is 491 g/mol. The Balaban J connectivity index is 1.52. The van der Waals surface area contributed by atoms with Crippen molar-refractivity contribution in [3.63, 3.8) is 0 Å². The maximum absolute atomic E-state index is 13.0. The van der Waals surface area contributed by atoms with E-state index in [0.717, 1.165) is 10.2 Å². The van der Waals surface area contributed by atoms with Crippen LogP contribution in [0.4, 0.5) is 5.69 Å². The third-order valence-electron chi connectivity index (χ3n) is 5.55. The minimum atomic E-state index is -0.517. The third kappa shape index (κ3) is 5.93. The molecule has 0 aliphatic carbocycles. The van der Waals surface area contributed by atoms with Gasteiger partial charge < -0.3 is 15.5 Å². The number of carbonyl (C=O) groups excluding carboxylic acids is 2. The number of rotatable bonds is 5. The zero-order chi connectivity index (χ0) is 24.9. The monoisotopic (exact) mass is 490 g/mol. The molecule has 0 saturated carbocycles.